The second kappa shape index (κ2) is 7.52. The van der Waals surface area contributed by atoms with Gasteiger partial charge in [0.1, 0.15) is 12.4 Å². The second-order valence-corrected chi connectivity index (χ2v) is 5.92. The highest BCUT2D eigenvalue weighted by atomic mass is 35.5. The fourth-order valence-electron chi connectivity index (χ4n) is 1.95. The average Bonchev–Trinajstić information content (AvgIpc) is 2.46. The Hall–Kier alpha value is -1.71. The van der Waals surface area contributed by atoms with Gasteiger partial charge in [-0.05, 0) is 43.7 Å². The molecule has 0 saturated carbocycles. The summed E-state index contributed by atoms with van der Waals surface area (Å²) in [5, 5.41) is 3.68. The number of carbonyl (C=O) groups excluding carboxylic acids is 1. The highest BCUT2D eigenvalue weighted by molar-refractivity contribution is 6.36. The van der Waals surface area contributed by atoms with E-state index in [4.69, 9.17) is 27.9 Å². The van der Waals surface area contributed by atoms with Crippen molar-refractivity contribution in [2.45, 2.75) is 19.9 Å². The number of benzene rings is 2. The summed E-state index contributed by atoms with van der Waals surface area (Å²) < 4.78 is 5.72. The summed E-state index contributed by atoms with van der Waals surface area (Å²) in [6.45, 7) is 4.23. The number of para-hydroxylation sites is 1. The first-order valence-electron chi connectivity index (χ1n) is 6.91. The number of halogens is 2. The summed E-state index contributed by atoms with van der Waals surface area (Å²) in [6, 6.07) is 12.4. The van der Waals surface area contributed by atoms with E-state index < -0.39 is 0 Å². The number of ether oxygens (including phenoxy) is 1. The minimum atomic E-state index is -0.248. The standard InChI is InChI=1S/C17H17Cl2NO2/c1-11-5-3-4-6-16(11)22-10-12(2)20-17(21)14-8-7-13(18)9-15(14)19/h3-9,12H,10H2,1-2H3,(H,20,21)/t12-/m1/s1. The van der Waals surface area contributed by atoms with E-state index in [-0.39, 0.29) is 11.9 Å². The predicted molar refractivity (Wildman–Crippen MR) is 90.1 cm³/mol. The van der Waals surface area contributed by atoms with E-state index in [0.717, 1.165) is 11.3 Å². The first-order valence-corrected chi connectivity index (χ1v) is 7.67. The van der Waals surface area contributed by atoms with Crippen molar-refractivity contribution in [1.29, 1.82) is 0 Å². The van der Waals surface area contributed by atoms with Gasteiger partial charge in [0.2, 0.25) is 0 Å². The topological polar surface area (TPSA) is 38.3 Å². The zero-order valence-electron chi connectivity index (χ0n) is 12.4. The van der Waals surface area contributed by atoms with E-state index in [2.05, 4.69) is 5.32 Å². The van der Waals surface area contributed by atoms with Crippen LogP contribution in [0.25, 0.3) is 0 Å². The Morgan fingerprint density at radius 1 is 1.23 bits per heavy atom. The Morgan fingerprint density at radius 2 is 1.95 bits per heavy atom. The van der Waals surface area contributed by atoms with Crippen LogP contribution in [-0.2, 0) is 0 Å². The van der Waals surface area contributed by atoms with Gasteiger partial charge in [0, 0.05) is 5.02 Å². The number of rotatable bonds is 5. The average molecular weight is 338 g/mol. The summed E-state index contributed by atoms with van der Waals surface area (Å²) in [4.78, 5) is 12.2. The zero-order valence-corrected chi connectivity index (χ0v) is 13.9. The van der Waals surface area contributed by atoms with Crippen molar-refractivity contribution in [3.63, 3.8) is 0 Å². The summed E-state index contributed by atoms with van der Waals surface area (Å²) in [7, 11) is 0. The molecule has 2 aromatic carbocycles. The van der Waals surface area contributed by atoms with Gasteiger partial charge in [0.25, 0.3) is 5.91 Å². The normalized spacial score (nSPS) is 11.8. The molecule has 1 N–H and O–H groups in total. The molecule has 0 spiro atoms. The summed E-state index contributed by atoms with van der Waals surface area (Å²) in [6.07, 6.45) is 0. The van der Waals surface area contributed by atoms with E-state index >= 15 is 0 Å². The maximum Gasteiger partial charge on any atom is 0.253 e. The molecule has 0 heterocycles. The van der Waals surface area contributed by atoms with Crippen molar-refractivity contribution in [2.24, 2.45) is 0 Å². The molecule has 2 rings (SSSR count). The molecule has 0 fully saturated rings. The summed E-state index contributed by atoms with van der Waals surface area (Å²) >= 11 is 11.8. The van der Waals surface area contributed by atoms with Crippen LogP contribution in [0.3, 0.4) is 0 Å². The monoisotopic (exact) mass is 337 g/mol. The van der Waals surface area contributed by atoms with Crippen molar-refractivity contribution >= 4 is 29.1 Å². The maximum absolute atomic E-state index is 12.2. The van der Waals surface area contributed by atoms with Crippen molar-refractivity contribution in [2.75, 3.05) is 6.61 Å². The van der Waals surface area contributed by atoms with Crippen LogP contribution in [0.1, 0.15) is 22.8 Å². The third kappa shape index (κ3) is 4.39. The Morgan fingerprint density at radius 3 is 2.64 bits per heavy atom. The first-order chi connectivity index (χ1) is 10.5. The van der Waals surface area contributed by atoms with Gasteiger partial charge in [-0.2, -0.15) is 0 Å². The number of hydrogen-bond acceptors (Lipinski definition) is 2. The lowest BCUT2D eigenvalue weighted by molar-refractivity contribution is 0.0927. The van der Waals surface area contributed by atoms with E-state index in [1.54, 1.807) is 18.2 Å². The van der Waals surface area contributed by atoms with E-state index in [1.165, 1.54) is 0 Å². The van der Waals surface area contributed by atoms with Crippen LogP contribution in [0.2, 0.25) is 10.0 Å². The van der Waals surface area contributed by atoms with E-state index in [1.807, 2.05) is 38.1 Å². The highest BCUT2D eigenvalue weighted by Gasteiger charge is 2.14. The van der Waals surface area contributed by atoms with Gasteiger partial charge in [-0.3, -0.25) is 4.79 Å². The fourth-order valence-corrected chi connectivity index (χ4v) is 2.44. The molecule has 0 aromatic heterocycles. The van der Waals surface area contributed by atoms with Crippen molar-refractivity contribution < 1.29 is 9.53 Å². The second-order valence-electron chi connectivity index (χ2n) is 5.08. The van der Waals surface area contributed by atoms with Crippen LogP contribution in [0.15, 0.2) is 42.5 Å². The molecule has 0 saturated heterocycles. The number of hydrogen-bond donors (Lipinski definition) is 1. The number of carbonyl (C=O) groups is 1. The van der Waals surface area contributed by atoms with E-state index in [0.29, 0.717) is 22.2 Å². The number of aryl methyl sites for hydroxylation is 1. The molecule has 0 aliphatic heterocycles. The number of amides is 1. The van der Waals surface area contributed by atoms with Crippen molar-refractivity contribution in [3.05, 3.63) is 63.6 Å². The Balaban J connectivity index is 1.93. The van der Waals surface area contributed by atoms with Gasteiger partial charge in [-0.15, -0.1) is 0 Å². The van der Waals surface area contributed by atoms with Gasteiger partial charge in [0.15, 0.2) is 0 Å². The van der Waals surface area contributed by atoms with Gasteiger partial charge in [-0.25, -0.2) is 0 Å². The molecule has 1 atom stereocenters. The van der Waals surface area contributed by atoms with Gasteiger partial charge >= 0.3 is 0 Å². The van der Waals surface area contributed by atoms with Crippen LogP contribution < -0.4 is 10.1 Å². The van der Waals surface area contributed by atoms with Gasteiger partial charge in [0.05, 0.1) is 16.6 Å². The molecule has 0 unspecified atom stereocenters. The number of nitrogens with one attached hydrogen (secondary N) is 1. The molecule has 0 aliphatic carbocycles. The molecule has 3 nitrogen and oxygen atoms in total. The molecule has 1 amide bonds. The van der Waals surface area contributed by atoms with Crippen LogP contribution >= 0.6 is 23.2 Å². The Kier molecular flexibility index (Phi) is 5.69. The van der Waals surface area contributed by atoms with Crippen molar-refractivity contribution in [3.8, 4) is 5.75 Å². The lowest BCUT2D eigenvalue weighted by Crippen LogP contribution is -2.37. The zero-order chi connectivity index (χ0) is 16.1. The third-order valence-corrected chi connectivity index (χ3v) is 3.68. The molecule has 5 heteroatoms. The minimum Gasteiger partial charge on any atom is -0.491 e. The lowest BCUT2D eigenvalue weighted by Gasteiger charge is -2.16. The smallest absolute Gasteiger partial charge is 0.253 e. The first kappa shape index (κ1) is 16.7. The molecule has 22 heavy (non-hydrogen) atoms. The largest absolute Gasteiger partial charge is 0.491 e. The lowest BCUT2D eigenvalue weighted by atomic mass is 10.2. The molecule has 0 aliphatic rings. The molecule has 0 radical (unpaired) electrons. The van der Waals surface area contributed by atoms with Crippen LogP contribution in [0, 0.1) is 6.92 Å². The third-order valence-electron chi connectivity index (χ3n) is 3.14. The van der Waals surface area contributed by atoms with Crippen molar-refractivity contribution in [1.82, 2.24) is 5.32 Å². The van der Waals surface area contributed by atoms with Crippen LogP contribution in [0.5, 0.6) is 5.75 Å². The summed E-state index contributed by atoms with van der Waals surface area (Å²) in [5.74, 6) is 0.565. The summed E-state index contributed by atoms with van der Waals surface area (Å²) in [5.41, 5.74) is 1.45. The quantitative estimate of drug-likeness (QED) is 0.872. The molecule has 116 valence electrons. The van der Waals surface area contributed by atoms with Crippen LogP contribution in [-0.4, -0.2) is 18.6 Å². The minimum absolute atomic E-state index is 0.154. The molecule has 0 bridgehead atoms. The van der Waals surface area contributed by atoms with E-state index in [9.17, 15) is 4.79 Å². The molecular weight excluding hydrogens is 321 g/mol. The molecular formula is C17H17Cl2NO2. The maximum atomic E-state index is 12.2. The van der Waals surface area contributed by atoms with Gasteiger partial charge in [-0.1, -0.05) is 41.4 Å². The van der Waals surface area contributed by atoms with Gasteiger partial charge < -0.3 is 10.1 Å². The Bertz CT molecular complexity index is 673. The fraction of sp³-hybridized carbons (Fsp3) is 0.235. The predicted octanol–water partition coefficient (Wildman–Crippen LogP) is 4.50. The van der Waals surface area contributed by atoms with Crippen LogP contribution in [0.4, 0.5) is 0 Å². The SMILES string of the molecule is Cc1ccccc1OC[C@@H](C)NC(=O)c1ccc(Cl)cc1Cl. The highest BCUT2D eigenvalue weighted by Crippen LogP contribution is 2.21. The molecule has 2 aromatic rings. The Labute approximate surface area is 140 Å².